The quantitative estimate of drug-likeness (QED) is 0.756. The van der Waals surface area contributed by atoms with Gasteiger partial charge in [-0.05, 0) is 29.0 Å². The first-order chi connectivity index (χ1) is 10.3. The molecular formula is C17H14O2S2. The van der Waals surface area contributed by atoms with Crippen molar-refractivity contribution in [1.29, 1.82) is 0 Å². The monoisotopic (exact) mass is 314 g/mol. The van der Waals surface area contributed by atoms with E-state index >= 15 is 0 Å². The number of thiophene rings is 1. The van der Waals surface area contributed by atoms with Gasteiger partial charge in [-0.2, -0.15) is 0 Å². The van der Waals surface area contributed by atoms with Gasteiger partial charge in [0.1, 0.15) is 18.0 Å². The van der Waals surface area contributed by atoms with Gasteiger partial charge in [-0.25, -0.2) is 0 Å². The highest BCUT2D eigenvalue weighted by molar-refractivity contribution is 7.99. The number of hydrogen-bond donors (Lipinski definition) is 1. The molecule has 106 valence electrons. The number of thioether (sulfide) groups is 1. The average molecular weight is 314 g/mol. The lowest BCUT2D eigenvalue weighted by Gasteiger charge is -2.29. The molecule has 3 aromatic rings. The maximum atomic E-state index is 10.8. The predicted octanol–water partition coefficient (Wildman–Crippen LogP) is 4.49. The predicted molar refractivity (Wildman–Crippen MR) is 88.4 cm³/mol. The second-order valence-electron chi connectivity index (χ2n) is 5.05. The van der Waals surface area contributed by atoms with Gasteiger partial charge in [0.15, 0.2) is 0 Å². The normalized spacial score (nSPS) is 19.0. The van der Waals surface area contributed by atoms with E-state index in [1.807, 2.05) is 30.3 Å². The summed E-state index contributed by atoms with van der Waals surface area (Å²) in [5, 5.41) is 14.0. The minimum Gasteiger partial charge on any atom is -0.485 e. The van der Waals surface area contributed by atoms with Crippen LogP contribution in [0.4, 0.5) is 0 Å². The van der Waals surface area contributed by atoms with Crippen LogP contribution >= 0.6 is 23.1 Å². The molecule has 21 heavy (non-hydrogen) atoms. The molecule has 0 amide bonds. The van der Waals surface area contributed by atoms with Crippen molar-refractivity contribution in [3.05, 3.63) is 59.5 Å². The number of fused-ring (bicyclic) bond motifs is 2. The van der Waals surface area contributed by atoms with E-state index in [0.717, 1.165) is 26.7 Å². The molecule has 2 atom stereocenters. The summed E-state index contributed by atoms with van der Waals surface area (Å²) >= 11 is 3.42. The lowest BCUT2D eigenvalue weighted by molar-refractivity contribution is 0.0468. The van der Waals surface area contributed by atoms with Crippen molar-refractivity contribution in [2.24, 2.45) is 0 Å². The molecule has 1 aromatic heterocycles. The molecule has 1 aliphatic rings. The van der Waals surface area contributed by atoms with Crippen molar-refractivity contribution >= 4 is 33.2 Å². The molecule has 2 nitrogen and oxygen atoms in total. The Hall–Kier alpha value is -1.49. The lowest BCUT2D eigenvalue weighted by Crippen LogP contribution is -2.30. The average Bonchev–Trinajstić information content (AvgIpc) is 3.02. The Bertz CT molecular complexity index is 781. The number of aliphatic hydroxyl groups excluding tert-OH is 1. The van der Waals surface area contributed by atoms with Gasteiger partial charge in [-0.15, -0.1) is 23.1 Å². The van der Waals surface area contributed by atoms with E-state index in [1.165, 1.54) is 5.39 Å². The van der Waals surface area contributed by atoms with Crippen LogP contribution in [0.5, 0.6) is 5.75 Å². The van der Waals surface area contributed by atoms with Crippen LogP contribution in [-0.4, -0.2) is 17.0 Å². The molecule has 0 aliphatic carbocycles. The number of para-hydroxylation sites is 1. The van der Waals surface area contributed by atoms with Gasteiger partial charge in [0.2, 0.25) is 0 Å². The highest BCUT2D eigenvalue weighted by Gasteiger charge is 2.29. The SMILES string of the molecule is OC(c1cccc2ccsc12)C1CSc2ccccc2O1. The smallest absolute Gasteiger partial charge is 0.138 e. The van der Waals surface area contributed by atoms with Crippen molar-refractivity contribution in [1.82, 2.24) is 0 Å². The first kappa shape index (κ1) is 13.2. The molecule has 0 radical (unpaired) electrons. The maximum Gasteiger partial charge on any atom is 0.138 e. The van der Waals surface area contributed by atoms with E-state index in [0.29, 0.717) is 0 Å². The van der Waals surface area contributed by atoms with Crippen LogP contribution in [0.1, 0.15) is 11.7 Å². The Morgan fingerprint density at radius 2 is 2.00 bits per heavy atom. The molecule has 0 spiro atoms. The molecule has 0 saturated carbocycles. The summed E-state index contributed by atoms with van der Waals surface area (Å²) in [7, 11) is 0. The Morgan fingerprint density at radius 3 is 2.95 bits per heavy atom. The molecule has 1 aliphatic heterocycles. The van der Waals surface area contributed by atoms with E-state index in [2.05, 4.69) is 23.6 Å². The van der Waals surface area contributed by atoms with Gasteiger partial charge in [-0.1, -0.05) is 30.3 Å². The number of hydrogen-bond acceptors (Lipinski definition) is 4. The zero-order valence-corrected chi connectivity index (χ0v) is 12.9. The highest BCUT2D eigenvalue weighted by Crippen LogP contribution is 2.39. The van der Waals surface area contributed by atoms with Crippen LogP contribution in [-0.2, 0) is 0 Å². The van der Waals surface area contributed by atoms with E-state index in [1.54, 1.807) is 23.1 Å². The van der Waals surface area contributed by atoms with Gasteiger partial charge in [0, 0.05) is 20.9 Å². The van der Waals surface area contributed by atoms with Crippen LogP contribution in [0.2, 0.25) is 0 Å². The van der Waals surface area contributed by atoms with Crippen molar-refractivity contribution in [2.45, 2.75) is 17.1 Å². The summed E-state index contributed by atoms with van der Waals surface area (Å²) in [6.45, 7) is 0. The largest absolute Gasteiger partial charge is 0.485 e. The molecular weight excluding hydrogens is 300 g/mol. The standard InChI is InChI=1S/C17H14O2S2/c18-16(12-5-3-4-11-8-9-20-17(11)12)14-10-21-15-7-2-1-6-13(15)19-14/h1-9,14,16,18H,10H2. The van der Waals surface area contributed by atoms with Gasteiger partial charge in [0.25, 0.3) is 0 Å². The molecule has 4 heteroatoms. The van der Waals surface area contributed by atoms with Gasteiger partial charge >= 0.3 is 0 Å². The summed E-state index contributed by atoms with van der Waals surface area (Å²) in [5.41, 5.74) is 0.965. The van der Waals surface area contributed by atoms with Crippen molar-refractivity contribution in [3.8, 4) is 5.75 Å². The van der Waals surface area contributed by atoms with Gasteiger partial charge in [-0.3, -0.25) is 0 Å². The first-order valence-corrected chi connectivity index (χ1v) is 8.72. The van der Waals surface area contributed by atoms with Gasteiger partial charge < -0.3 is 9.84 Å². The van der Waals surface area contributed by atoms with E-state index < -0.39 is 6.10 Å². The summed E-state index contributed by atoms with van der Waals surface area (Å²) in [6.07, 6.45) is -0.814. The minimum absolute atomic E-state index is 0.211. The number of aliphatic hydroxyl groups is 1. The Morgan fingerprint density at radius 1 is 1.10 bits per heavy atom. The molecule has 1 N–H and O–H groups in total. The minimum atomic E-state index is -0.604. The third kappa shape index (κ3) is 2.33. The van der Waals surface area contributed by atoms with Crippen molar-refractivity contribution in [3.63, 3.8) is 0 Å². The summed E-state index contributed by atoms with van der Waals surface area (Å²) < 4.78 is 7.16. The van der Waals surface area contributed by atoms with Crippen molar-refractivity contribution in [2.75, 3.05) is 5.75 Å². The summed E-state index contributed by atoms with van der Waals surface area (Å²) in [5.74, 6) is 1.64. The number of ether oxygens (including phenoxy) is 1. The second kappa shape index (κ2) is 5.37. The van der Waals surface area contributed by atoms with E-state index in [-0.39, 0.29) is 6.10 Å². The Kier molecular flexibility index (Phi) is 3.37. The summed E-state index contributed by atoms with van der Waals surface area (Å²) in [4.78, 5) is 1.15. The maximum absolute atomic E-state index is 10.8. The first-order valence-electron chi connectivity index (χ1n) is 6.85. The zero-order valence-electron chi connectivity index (χ0n) is 11.2. The molecule has 2 aromatic carbocycles. The molecule has 0 saturated heterocycles. The third-order valence-electron chi connectivity index (χ3n) is 3.71. The fraction of sp³-hybridized carbons (Fsp3) is 0.176. The Balaban J connectivity index is 1.67. The fourth-order valence-corrected chi connectivity index (χ4v) is 4.62. The lowest BCUT2D eigenvalue weighted by atomic mass is 10.0. The van der Waals surface area contributed by atoms with Gasteiger partial charge in [0.05, 0.1) is 0 Å². The third-order valence-corrected chi connectivity index (χ3v) is 5.83. The molecule has 2 unspecified atom stereocenters. The number of benzene rings is 2. The zero-order chi connectivity index (χ0) is 14.2. The van der Waals surface area contributed by atoms with Crippen LogP contribution in [0.15, 0.2) is 58.8 Å². The topological polar surface area (TPSA) is 29.5 Å². The van der Waals surface area contributed by atoms with E-state index in [9.17, 15) is 5.11 Å². The van der Waals surface area contributed by atoms with Crippen LogP contribution < -0.4 is 4.74 Å². The number of rotatable bonds is 2. The molecule has 0 fully saturated rings. The highest BCUT2D eigenvalue weighted by atomic mass is 32.2. The van der Waals surface area contributed by atoms with Crippen LogP contribution in [0.25, 0.3) is 10.1 Å². The van der Waals surface area contributed by atoms with Crippen molar-refractivity contribution < 1.29 is 9.84 Å². The summed E-state index contributed by atoms with van der Waals surface area (Å²) in [6, 6.07) is 16.2. The molecule has 0 bridgehead atoms. The van der Waals surface area contributed by atoms with Crippen LogP contribution in [0.3, 0.4) is 0 Å². The second-order valence-corrected chi connectivity index (χ2v) is 7.02. The van der Waals surface area contributed by atoms with Crippen LogP contribution in [0, 0.1) is 0 Å². The Labute approximate surface area is 131 Å². The molecule has 4 rings (SSSR count). The fourth-order valence-electron chi connectivity index (χ4n) is 2.64. The van der Waals surface area contributed by atoms with E-state index in [4.69, 9.17) is 4.74 Å². The molecule has 2 heterocycles.